The number of hydrogen-bond donors (Lipinski definition) is 1. The topological polar surface area (TPSA) is 24.5 Å². The van der Waals surface area contributed by atoms with Gasteiger partial charge in [-0.15, -0.1) is 0 Å². The highest BCUT2D eigenvalue weighted by atomic mass is 16.5. The molecule has 0 amide bonds. The smallest absolute Gasteiger partial charge is 0.142 e. The summed E-state index contributed by atoms with van der Waals surface area (Å²) in [6, 6.07) is 9.16. The number of hydrogen-bond acceptors (Lipinski definition) is 3. The van der Waals surface area contributed by atoms with Crippen LogP contribution in [0.1, 0.15) is 25.7 Å². The molecule has 3 heteroatoms. The number of nitrogens with one attached hydrogen (secondary N) is 1. The van der Waals surface area contributed by atoms with Gasteiger partial charge < -0.3 is 15.0 Å². The minimum Gasteiger partial charge on any atom is -0.491 e. The third-order valence-corrected chi connectivity index (χ3v) is 3.96. The van der Waals surface area contributed by atoms with Crippen LogP contribution in [0.5, 0.6) is 5.75 Å². The molecule has 1 aromatic carbocycles. The van der Waals surface area contributed by atoms with Crippen molar-refractivity contribution in [3.63, 3.8) is 0 Å². The molecule has 3 nitrogen and oxygen atoms in total. The zero-order chi connectivity index (χ0) is 12.2. The molecule has 0 bridgehead atoms. The van der Waals surface area contributed by atoms with Crippen molar-refractivity contribution in [2.45, 2.75) is 31.7 Å². The molecule has 1 atom stereocenters. The highest BCUT2D eigenvalue weighted by molar-refractivity contribution is 5.59. The molecular weight excluding hydrogens is 224 g/mol. The van der Waals surface area contributed by atoms with Crippen molar-refractivity contribution in [1.82, 2.24) is 5.32 Å². The SMILES string of the molecule is c1ccc2c(c1)OCCCN2C1CCCNCC1. The van der Waals surface area contributed by atoms with Crippen LogP contribution in [0.4, 0.5) is 5.69 Å². The van der Waals surface area contributed by atoms with Gasteiger partial charge in [-0.1, -0.05) is 12.1 Å². The second-order valence-corrected chi connectivity index (χ2v) is 5.20. The Bertz CT molecular complexity index is 386. The lowest BCUT2D eigenvalue weighted by molar-refractivity contribution is 0.322. The van der Waals surface area contributed by atoms with Crippen molar-refractivity contribution in [3.05, 3.63) is 24.3 Å². The van der Waals surface area contributed by atoms with Crippen molar-refractivity contribution < 1.29 is 4.74 Å². The molecule has 18 heavy (non-hydrogen) atoms. The van der Waals surface area contributed by atoms with E-state index in [4.69, 9.17) is 4.74 Å². The van der Waals surface area contributed by atoms with Gasteiger partial charge in [0.15, 0.2) is 0 Å². The van der Waals surface area contributed by atoms with Crippen LogP contribution in [0.2, 0.25) is 0 Å². The number of para-hydroxylation sites is 2. The molecule has 1 unspecified atom stereocenters. The highest BCUT2D eigenvalue weighted by Crippen LogP contribution is 2.33. The third kappa shape index (κ3) is 2.46. The number of anilines is 1. The van der Waals surface area contributed by atoms with Crippen LogP contribution in [-0.2, 0) is 0 Å². The average Bonchev–Trinajstić information content (AvgIpc) is 2.79. The minimum atomic E-state index is 0.669. The van der Waals surface area contributed by atoms with Crippen LogP contribution in [0.15, 0.2) is 24.3 Å². The van der Waals surface area contributed by atoms with Crippen LogP contribution in [0.3, 0.4) is 0 Å². The van der Waals surface area contributed by atoms with Crippen LogP contribution in [-0.4, -0.2) is 32.3 Å². The summed E-state index contributed by atoms with van der Waals surface area (Å²) in [5.41, 5.74) is 1.29. The maximum Gasteiger partial charge on any atom is 0.142 e. The lowest BCUT2D eigenvalue weighted by atomic mass is 10.1. The lowest BCUT2D eigenvalue weighted by Gasteiger charge is -2.32. The molecule has 1 aromatic rings. The van der Waals surface area contributed by atoms with E-state index in [0.29, 0.717) is 6.04 Å². The molecule has 98 valence electrons. The van der Waals surface area contributed by atoms with Gasteiger partial charge in [0.1, 0.15) is 5.75 Å². The van der Waals surface area contributed by atoms with E-state index in [1.165, 1.54) is 31.5 Å². The van der Waals surface area contributed by atoms with Gasteiger partial charge in [0.25, 0.3) is 0 Å². The van der Waals surface area contributed by atoms with E-state index in [2.05, 4.69) is 34.5 Å². The first-order valence-corrected chi connectivity index (χ1v) is 7.14. The second-order valence-electron chi connectivity index (χ2n) is 5.20. The van der Waals surface area contributed by atoms with E-state index in [9.17, 15) is 0 Å². The molecule has 0 spiro atoms. The Kier molecular flexibility index (Phi) is 3.69. The third-order valence-electron chi connectivity index (χ3n) is 3.96. The standard InChI is InChI=1S/C15H22N2O/c1-2-7-15-14(6-1)17(11-4-12-18-15)13-5-3-9-16-10-8-13/h1-2,6-7,13,16H,3-5,8-12H2. The summed E-state index contributed by atoms with van der Waals surface area (Å²) in [5, 5.41) is 3.50. The molecule has 1 N–H and O–H groups in total. The quantitative estimate of drug-likeness (QED) is 0.823. The van der Waals surface area contributed by atoms with Gasteiger partial charge in [0.2, 0.25) is 0 Å². The van der Waals surface area contributed by atoms with Crippen molar-refractivity contribution in [2.24, 2.45) is 0 Å². The first kappa shape index (κ1) is 11.8. The van der Waals surface area contributed by atoms with Crippen molar-refractivity contribution in [2.75, 3.05) is 31.1 Å². The molecule has 0 aliphatic carbocycles. The number of nitrogens with zero attached hydrogens (tertiary/aromatic N) is 1. The maximum atomic E-state index is 5.84. The Morgan fingerprint density at radius 2 is 2.06 bits per heavy atom. The summed E-state index contributed by atoms with van der Waals surface area (Å²) < 4.78 is 5.84. The maximum absolute atomic E-state index is 5.84. The summed E-state index contributed by atoms with van der Waals surface area (Å²) in [4.78, 5) is 2.58. The second kappa shape index (κ2) is 5.61. The lowest BCUT2D eigenvalue weighted by Crippen LogP contribution is -2.36. The molecule has 0 aromatic heterocycles. The molecule has 3 rings (SSSR count). The van der Waals surface area contributed by atoms with Gasteiger partial charge in [0, 0.05) is 12.6 Å². The average molecular weight is 246 g/mol. The van der Waals surface area contributed by atoms with Gasteiger partial charge in [-0.25, -0.2) is 0 Å². The molecule has 0 radical (unpaired) electrons. The summed E-state index contributed by atoms with van der Waals surface area (Å²) in [5.74, 6) is 1.06. The summed E-state index contributed by atoms with van der Waals surface area (Å²) in [7, 11) is 0. The van der Waals surface area contributed by atoms with Gasteiger partial charge in [-0.2, -0.15) is 0 Å². The minimum absolute atomic E-state index is 0.669. The van der Waals surface area contributed by atoms with Gasteiger partial charge >= 0.3 is 0 Å². The van der Waals surface area contributed by atoms with Crippen molar-refractivity contribution in [3.8, 4) is 5.75 Å². The predicted molar refractivity (Wildman–Crippen MR) is 74.4 cm³/mol. The van der Waals surface area contributed by atoms with Crippen LogP contribution >= 0.6 is 0 Å². The monoisotopic (exact) mass is 246 g/mol. The van der Waals surface area contributed by atoms with E-state index in [-0.39, 0.29) is 0 Å². The first-order valence-electron chi connectivity index (χ1n) is 7.14. The van der Waals surface area contributed by atoms with E-state index in [1.54, 1.807) is 0 Å². The number of rotatable bonds is 1. The zero-order valence-corrected chi connectivity index (χ0v) is 10.9. The molecule has 1 saturated heterocycles. The van der Waals surface area contributed by atoms with E-state index in [1.807, 2.05) is 0 Å². The molecule has 1 fully saturated rings. The summed E-state index contributed by atoms with van der Waals surface area (Å²) >= 11 is 0. The molecule has 2 heterocycles. The fraction of sp³-hybridized carbons (Fsp3) is 0.600. The van der Waals surface area contributed by atoms with Gasteiger partial charge in [-0.05, 0) is 50.9 Å². The molecular formula is C15H22N2O. The Morgan fingerprint density at radius 3 is 3.06 bits per heavy atom. The van der Waals surface area contributed by atoms with E-state index < -0.39 is 0 Å². The Balaban J connectivity index is 1.86. The highest BCUT2D eigenvalue weighted by Gasteiger charge is 2.24. The zero-order valence-electron chi connectivity index (χ0n) is 10.9. The van der Waals surface area contributed by atoms with Gasteiger partial charge in [-0.3, -0.25) is 0 Å². The van der Waals surface area contributed by atoms with Crippen molar-refractivity contribution >= 4 is 5.69 Å². The van der Waals surface area contributed by atoms with Crippen LogP contribution in [0.25, 0.3) is 0 Å². The largest absolute Gasteiger partial charge is 0.491 e. The number of ether oxygens (including phenoxy) is 1. The number of fused-ring (bicyclic) bond motifs is 1. The Morgan fingerprint density at radius 1 is 1.11 bits per heavy atom. The summed E-state index contributed by atoms with van der Waals surface area (Å²) in [6.45, 7) is 4.28. The Hall–Kier alpha value is -1.22. The Labute approximate surface area is 109 Å². The first-order chi connectivity index (χ1) is 8.95. The van der Waals surface area contributed by atoms with E-state index >= 15 is 0 Å². The predicted octanol–water partition coefficient (Wildman–Crippen LogP) is 2.42. The van der Waals surface area contributed by atoms with Gasteiger partial charge in [0.05, 0.1) is 12.3 Å². The fourth-order valence-corrected chi connectivity index (χ4v) is 3.05. The van der Waals surface area contributed by atoms with Crippen LogP contribution < -0.4 is 15.0 Å². The van der Waals surface area contributed by atoms with Crippen LogP contribution in [0, 0.1) is 0 Å². The molecule has 2 aliphatic rings. The molecule has 2 aliphatic heterocycles. The number of benzene rings is 1. The van der Waals surface area contributed by atoms with Crippen molar-refractivity contribution in [1.29, 1.82) is 0 Å². The fourth-order valence-electron chi connectivity index (χ4n) is 3.05. The molecule has 0 saturated carbocycles. The normalized spacial score (nSPS) is 24.7. The van der Waals surface area contributed by atoms with E-state index in [0.717, 1.165) is 31.9 Å². The summed E-state index contributed by atoms with van der Waals surface area (Å²) in [6.07, 6.45) is 4.94.